The van der Waals surface area contributed by atoms with Gasteiger partial charge in [-0.3, -0.25) is 9.10 Å². The number of thioether (sulfide) groups is 1. The fourth-order valence-electron chi connectivity index (χ4n) is 2.86. The molecule has 8 heteroatoms. The van der Waals surface area contributed by atoms with Crippen molar-refractivity contribution in [2.24, 2.45) is 0 Å². The first-order chi connectivity index (χ1) is 13.6. The molecule has 158 valence electrons. The van der Waals surface area contributed by atoms with Gasteiger partial charge < -0.3 is 5.32 Å². The van der Waals surface area contributed by atoms with Crippen LogP contribution in [0.25, 0.3) is 0 Å². The molecule has 0 aliphatic carbocycles. The Labute approximate surface area is 182 Å². The minimum Gasteiger partial charge on any atom is -0.353 e. The van der Waals surface area contributed by atoms with Crippen molar-refractivity contribution in [3.05, 3.63) is 64.2 Å². The Bertz CT molecular complexity index is 964. The van der Waals surface area contributed by atoms with Gasteiger partial charge in [0.25, 0.3) is 0 Å². The number of benzene rings is 2. The highest BCUT2D eigenvalue weighted by atomic mass is 35.5. The SMILES string of the molecule is Cc1ccc(N([C@@H](C)C(=O)NCCSCc2ccccc2Cl)S(C)(=O)=O)cc1C. The Morgan fingerprint density at radius 3 is 2.48 bits per heavy atom. The molecule has 0 aliphatic rings. The Morgan fingerprint density at radius 2 is 1.86 bits per heavy atom. The molecule has 0 saturated carbocycles. The Morgan fingerprint density at radius 1 is 1.17 bits per heavy atom. The zero-order valence-electron chi connectivity index (χ0n) is 17.1. The Kier molecular flexibility index (Phi) is 8.43. The monoisotopic (exact) mass is 454 g/mol. The van der Waals surface area contributed by atoms with E-state index in [0.29, 0.717) is 18.0 Å². The van der Waals surface area contributed by atoms with Crippen LogP contribution < -0.4 is 9.62 Å². The van der Waals surface area contributed by atoms with Crippen molar-refractivity contribution in [1.82, 2.24) is 5.32 Å². The topological polar surface area (TPSA) is 66.5 Å². The molecular weight excluding hydrogens is 428 g/mol. The number of hydrogen-bond donors (Lipinski definition) is 1. The van der Waals surface area contributed by atoms with Crippen LogP contribution in [0.3, 0.4) is 0 Å². The van der Waals surface area contributed by atoms with Crippen molar-refractivity contribution < 1.29 is 13.2 Å². The van der Waals surface area contributed by atoms with Crippen LogP contribution in [-0.4, -0.2) is 38.9 Å². The molecule has 0 heterocycles. The lowest BCUT2D eigenvalue weighted by Crippen LogP contribution is -2.48. The van der Waals surface area contributed by atoms with Crippen molar-refractivity contribution in [3.8, 4) is 0 Å². The average Bonchev–Trinajstić information content (AvgIpc) is 2.64. The van der Waals surface area contributed by atoms with Gasteiger partial charge in [-0.05, 0) is 55.7 Å². The molecule has 0 aromatic heterocycles. The first-order valence-corrected chi connectivity index (χ1v) is 12.6. The summed E-state index contributed by atoms with van der Waals surface area (Å²) in [5, 5.41) is 3.56. The number of sulfonamides is 1. The van der Waals surface area contributed by atoms with Gasteiger partial charge in [0.05, 0.1) is 11.9 Å². The van der Waals surface area contributed by atoms with E-state index >= 15 is 0 Å². The second kappa shape index (κ2) is 10.4. The number of hydrogen-bond acceptors (Lipinski definition) is 4. The van der Waals surface area contributed by atoms with E-state index in [1.165, 1.54) is 4.31 Å². The normalized spacial score (nSPS) is 12.4. The van der Waals surface area contributed by atoms with Crippen LogP contribution >= 0.6 is 23.4 Å². The van der Waals surface area contributed by atoms with Crippen LogP contribution in [0.5, 0.6) is 0 Å². The molecule has 0 bridgehead atoms. The highest BCUT2D eigenvalue weighted by molar-refractivity contribution is 7.98. The third kappa shape index (κ3) is 6.66. The van der Waals surface area contributed by atoms with Gasteiger partial charge in [0.15, 0.2) is 0 Å². The number of amides is 1. The molecular formula is C21H27ClN2O3S2. The van der Waals surface area contributed by atoms with Crippen LogP contribution in [0, 0.1) is 13.8 Å². The summed E-state index contributed by atoms with van der Waals surface area (Å²) in [4.78, 5) is 12.6. The number of rotatable bonds is 9. The average molecular weight is 455 g/mol. The molecule has 2 rings (SSSR count). The number of carbonyl (C=O) groups excluding carboxylic acids is 1. The van der Waals surface area contributed by atoms with E-state index in [1.807, 2.05) is 44.2 Å². The number of aryl methyl sites for hydroxylation is 2. The number of carbonyl (C=O) groups is 1. The molecule has 1 amide bonds. The van der Waals surface area contributed by atoms with E-state index in [0.717, 1.165) is 33.7 Å². The van der Waals surface area contributed by atoms with Gasteiger partial charge in [-0.25, -0.2) is 8.42 Å². The largest absolute Gasteiger partial charge is 0.353 e. The first kappa shape index (κ1) is 23.6. The van der Waals surface area contributed by atoms with Gasteiger partial charge in [-0.2, -0.15) is 11.8 Å². The minimum atomic E-state index is -3.62. The van der Waals surface area contributed by atoms with E-state index in [2.05, 4.69) is 5.32 Å². The van der Waals surface area contributed by atoms with Crippen molar-refractivity contribution in [1.29, 1.82) is 0 Å². The summed E-state index contributed by atoms with van der Waals surface area (Å²) in [6.07, 6.45) is 1.12. The molecule has 29 heavy (non-hydrogen) atoms. The van der Waals surface area contributed by atoms with Crippen molar-refractivity contribution in [2.75, 3.05) is 22.9 Å². The molecule has 5 nitrogen and oxygen atoms in total. The molecule has 2 aromatic rings. The van der Waals surface area contributed by atoms with Crippen molar-refractivity contribution in [2.45, 2.75) is 32.6 Å². The first-order valence-electron chi connectivity index (χ1n) is 9.26. The molecule has 0 radical (unpaired) electrons. The van der Waals surface area contributed by atoms with Crippen LogP contribution in [0.15, 0.2) is 42.5 Å². The van der Waals surface area contributed by atoms with Crippen molar-refractivity contribution >= 4 is 45.0 Å². The predicted molar refractivity (Wildman–Crippen MR) is 123 cm³/mol. The third-order valence-electron chi connectivity index (χ3n) is 4.59. The number of anilines is 1. The predicted octanol–water partition coefficient (Wildman–Crippen LogP) is 4.16. The van der Waals surface area contributed by atoms with Gasteiger partial charge in [0, 0.05) is 23.1 Å². The van der Waals surface area contributed by atoms with Gasteiger partial charge >= 0.3 is 0 Å². The number of nitrogens with one attached hydrogen (secondary N) is 1. The lowest BCUT2D eigenvalue weighted by molar-refractivity contribution is -0.121. The van der Waals surface area contributed by atoms with E-state index in [4.69, 9.17) is 11.6 Å². The van der Waals surface area contributed by atoms with Crippen molar-refractivity contribution in [3.63, 3.8) is 0 Å². The summed E-state index contributed by atoms with van der Waals surface area (Å²) >= 11 is 7.80. The van der Waals surface area contributed by atoms with E-state index in [9.17, 15) is 13.2 Å². The Hall–Kier alpha value is -1.70. The number of halogens is 1. The molecule has 0 aliphatic heterocycles. The maximum absolute atomic E-state index is 12.6. The maximum Gasteiger partial charge on any atom is 0.243 e. The maximum atomic E-state index is 12.6. The summed E-state index contributed by atoms with van der Waals surface area (Å²) in [6.45, 7) is 5.92. The van der Waals surface area contributed by atoms with Crippen LogP contribution in [0.4, 0.5) is 5.69 Å². The van der Waals surface area contributed by atoms with Gasteiger partial charge in [-0.1, -0.05) is 35.9 Å². The second-order valence-electron chi connectivity index (χ2n) is 6.94. The third-order valence-corrected chi connectivity index (χ3v) is 7.21. The van der Waals surface area contributed by atoms with Crippen LogP contribution in [0.2, 0.25) is 5.02 Å². The lowest BCUT2D eigenvalue weighted by Gasteiger charge is -2.28. The van der Waals surface area contributed by atoms with Gasteiger partial charge in [0.1, 0.15) is 6.04 Å². The highest BCUT2D eigenvalue weighted by Gasteiger charge is 2.29. The molecule has 0 unspecified atom stereocenters. The molecule has 0 saturated heterocycles. The molecule has 1 N–H and O–H groups in total. The zero-order valence-corrected chi connectivity index (χ0v) is 19.5. The molecule has 0 spiro atoms. The lowest BCUT2D eigenvalue weighted by atomic mass is 10.1. The summed E-state index contributed by atoms with van der Waals surface area (Å²) in [5.74, 6) is 1.13. The van der Waals surface area contributed by atoms with E-state index in [1.54, 1.807) is 30.8 Å². The van der Waals surface area contributed by atoms with E-state index < -0.39 is 16.1 Å². The van der Waals surface area contributed by atoms with Crippen LogP contribution in [0.1, 0.15) is 23.6 Å². The second-order valence-corrected chi connectivity index (χ2v) is 10.3. The summed E-state index contributed by atoms with van der Waals surface area (Å²) in [5.41, 5.74) is 3.58. The van der Waals surface area contributed by atoms with Gasteiger partial charge in [0.2, 0.25) is 15.9 Å². The molecule has 2 aromatic carbocycles. The highest BCUT2D eigenvalue weighted by Crippen LogP contribution is 2.24. The summed E-state index contributed by atoms with van der Waals surface area (Å²) in [6, 6.07) is 12.2. The fraction of sp³-hybridized carbons (Fsp3) is 0.381. The molecule has 1 atom stereocenters. The van der Waals surface area contributed by atoms with Gasteiger partial charge in [-0.15, -0.1) is 0 Å². The zero-order chi connectivity index (χ0) is 21.6. The Balaban J connectivity index is 1.95. The quantitative estimate of drug-likeness (QED) is 0.577. The standard InChI is InChI=1S/C21H27ClN2O3S2/c1-15-9-10-19(13-16(15)2)24(29(4,26)27)17(3)21(25)23-11-12-28-14-18-7-5-6-8-20(18)22/h5-10,13,17H,11-12,14H2,1-4H3,(H,23,25)/t17-/m0/s1. The minimum absolute atomic E-state index is 0.327. The summed E-state index contributed by atoms with van der Waals surface area (Å²) < 4.78 is 25.9. The summed E-state index contributed by atoms with van der Waals surface area (Å²) in [7, 11) is -3.62. The number of nitrogens with zero attached hydrogens (tertiary/aromatic N) is 1. The fourth-order valence-corrected chi connectivity index (χ4v) is 5.17. The smallest absolute Gasteiger partial charge is 0.243 e. The van der Waals surface area contributed by atoms with Crippen LogP contribution in [-0.2, 0) is 20.6 Å². The molecule has 0 fully saturated rings. The van der Waals surface area contributed by atoms with E-state index in [-0.39, 0.29) is 5.91 Å².